The molecular weight excluding hydrogens is 366 g/mol. The van der Waals surface area contributed by atoms with Crippen LogP contribution < -0.4 is 15.0 Å². The molecule has 7 nitrogen and oxygen atoms in total. The number of ether oxygens (including phenoxy) is 1. The molecule has 144 valence electrons. The molecule has 2 aromatic rings. The number of amides is 1. The Labute approximate surface area is 159 Å². The quantitative estimate of drug-likeness (QED) is 0.808. The van der Waals surface area contributed by atoms with Crippen molar-refractivity contribution in [1.82, 2.24) is 10.3 Å². The highest BCUT2D eigenvalue weighted by atomic mass is 32.2. The summed E-state index contributed by atoms with van der Waals surface area (Å²) in [6.45, 7) is 0.395. The lowest BCUT2D eigenvalue weighted by molar-refractivity contribution is 0.0946. The van der Waals surface area contributed by atoms with Gasteiger partial charge in [-0.3, -0.25) is 4.79 Å². The molecule has 1 atom stereocenters. The fourth-order valence-electron chi connectivity index (χ4n) is 3.04. The summed E-state index contributed by atoms with van der Waals surface area (Å²) >= 11 is 0. The van der Waals surface area contributed by atoms with Gasteiger partial charge in [-0.1, -0.05) is 12.1 Å². The SMILES string of the molecule is COc1ccc(CNC(=O)c2ccc(N(C)C3CCS(=O)(=O)C3)cn2)cc1. The normalized spacial score (nSPS) is 18.1. The number of methoxy groups -OCH3 is 1. The molecule has 27 heavy (non-hydrogen) atoms. The number of pyridine rings is 1. The zero-order valence-corrected chi connectivity index (χ0v) is 16.2. The van der Waals surface area contributed by atoms with E-state index in [9.17, 15) is 13.2 Å². The van der Waals surface area contributed by atoms with Crippen molar-refractivity contribution in [2.75, 3.05) is 30.6 Å². The zero-order valence-electron chi connectivity index (χ0n) is 15.4. The molecular formula is C19H23N3O4S. The van der Waals surface area contributed by atoms with Gasteiger partial charge >= 0.3 is 0 Å². The van der Waals surface area contributed by atoms with Gasteiger partial charge < -0.3 is 15.0 Å². The van der Waals surface area contributed by atoms with E-state index in [1.807, 2.05) is 36.2 Å². The first-order valence-electron chi connectivity index (χ1n) is 8.68. The molecule has 1 saturated heterocycles. The van der Waals surface area contributed by atoms with Crippen molar-refractivity contribution in [1.29, 1.82) is 0 Å². The summed E-state index contributed by atoms with van der Waals surface area (Å²) in [7, 11) is 0.517. The van der Waals surface area contributed by atoms with E-state index >= 15 is 0 Å². The van der Waals surface area contributed by atoms with Gasteiger partial charge in [0.1, 0.15) is 11.4 Å². The standard InChI is InChI=1S/C19H23N3O4S/c1-22(16-9-10-27(24,25)13-16)15-5-8-18(20-12-15)19(23)21-11-14-3-6-17(26-2)7-4-14/h3-8,12,16H,9-11,13H2,1-2H3,(H,21,23). The third kappa shape index (κ3) is 4.77. The van der Waals surface area contributed by atoms with Gasteiger partial charge in [0.15, 0.2) is 9.84 Å². The lowest BCUT2D eigenvalue weighted by Gasteiger charge is -2.25. The number of benzene rings is 1. The summed E-state index contributed by atoms with van der Waals surface area (Å²) in [4.78, 5) is 18.4. The number of carbonyl (C=O) groups excluding carboxylic acids is 1. The van der Waals surface area contributed by atoms with Crippen LogP contribution >= 0.6 is 0 Å². The fourth-order valence-corrected chi connectivity index (χ4v) is 4.81. The number of hydrogen-bond donors (Lipinski definition) is 1. The molecule has 1 amide bonds. The molecule has 3 rings (SSSR count). The minimum atomic E-state index is -2.94. The Morgan fingerprint density at radius 2 is 2.00 bits per heavy atom. The number of nitrogens with one attached hydrogen (secondary N) is 1. The van der Waals surface area contributed by atoms with E-state index in [0.717, 1.165) is 17.0 Å². The zero-order chi connectivity index (χ0) is 19.4. The van der Waals surface area contributed by atoms with Crippen LogP contribution in [-0.4, -0.2) is 51.0 Å². The summed E-state index contributed by atoms with van der Waals surface area (Å²) < 4.78 is 28.4. The average Bonchev–Trinajstić information content (AvgIpc) is 3.05. The van der Waals surface area contributed by atoms with Crippen molar-refractivity contribution in [2.45, 2.75) is 19.0 Å². The van der Waals surface area contributed by atoms with Crippen LogP contribution in [0.5, 0.6) is 5.75 Å². The van der Waals surface area contributed by atoms with Crippen LogP contribution in [0.25, 0.3) is 0 Å². The maximum Gasteiger partial charge on any atom is 0.270 e. The minimum Gasteiger partial charge on any atom is -0.497 e. The van der Waals surface area contributed by atoms with Crippen molar-refractivity contribution in [3.05, 3.63) is 53.9 Å². The van der Waals surface area contributed by atoms with Gasteiger partial charge in [-0.05, 0) is 36.2 Å². The van der Waals surface area contributed by atoms with Gasteiger partial charge in [-0.2, -0.15) is 0 Å². The Balaban J connectivity index is 1.58. The number of hydrogen-bond acceptors (Lipinski definition) is 6. The van der Waals surface area contributed by atoms with E-state index in [1.165, 1.54) is 0 Å². The Bertz CT molecular complexity index is 896. The molecule has 0 saturated carbocycles. The van der Waals surface area contributed by atoms with Gasteiger partial charge in [-0.25, -0.2) is 13.4 Å². The van der Waals surface area contributed by atoms with Gasteiger partial charge in [0.05, 0.1) is 30.5 Å². The summed E-state index contributed by atoms with van der Waals surface area (Å²) in [5.74, 6) is 0.888. The molecule has 1 unspecified atom stereocenters. The number of carbonyl (C=O) groups is 1. The molecule has 2 heterocycles. The van der Waals surface area contributed by atoms with E-state index in [-0.39, 0.29) is 23.5 Å². The number of anilines is 1. The van der Waals surface area contributed by atoms with E-state index in [2.05, 4.69) is 10.3 Å². The van der Waals surface area contributed by atoms with Crippen LogP contribution in [-0.2, 0) is 16.4 Å². The molecule has 1 aromatic heterocycles. The van der Waals surface area contributed by atoms with Gasteiger partial charge in [0, 0.05) is 19.6 Å². The second kappa shape index (κ2) is 7.96. The van der Waals surface area contributed by atoms with Gasteiger partial charge in [-0.15, -0.1) is 0 Å². The molecule has 1 aliphatic rings. The van der Waals surface area contributed by atoms with E-state index in [1.54, 1.807) is 25.4 Å². The number of nitrogens with zero attached hydrogens (tertiary/aromatic N) is 2. The third-order valence-electron chi connectivity index (χ3n) is 4.76. The van der Waals surface area contributed by atoms with E-state index < -0.39 is 9.84 Å². The highest BCUT2D eigenvalue weighted by molar-refractivity contribution is 7.91. The molecule has 0 aliphatic carbocycles. The summed E-state index contributed by atoms with van der Waals surface area (Å²) in [6, 6.07) is 10.9. The van der Waals surface area contributed by atoms with Gasteiger partial charge in [0.2, 0.25) is 0 Å². The van der Waals surface area contributed by atoms with Crippen molar-refractivity contribution in [2.24, 2.45) is 0 Å². The van der Waals surface area contributed by atoms with Crippen LogP contribution in [0.15, 0.2) is 42.6 Å². The second-order valence-electron chi connectivity index (χ2n) is 6.60. The molecule has 0 radical (unpaired) electrons. The fraction of sp³-hybridized carbons (Fsp3) is 0.368. The predicted molar refractivity (Wildman–Crippen MR) is 104 cm³/mol. The average molecular weight is 389 g/mol. The van der Waals surface area contributed by atoms with E-state index in [4.69, 9.17) is 4.74 Å². The monoisotopic (exact) mass is 389 g/mol. The van der Waals surface area contributed by atoms with Crippen LogP contribution in [0, 0.1) is 0 Å². The molecule has 1 N–H and O–H groups in total. The van der Waals surface area contributed by atoms with Crippen LogP contribution in [0.4, 0.5) is 5.69 Å². The number of rotatable bonds is 6. The van der Waals surface area contributed by atoms with Crippen LogP contribution in [0.1, 0.15) is 22.5 Å². The van der Waals surface area contributed by atoms with Crippen molar-refractivity contribution in [3.63, 3.8) is 0 Å². The maximum atomic E-state index is 12.3. The molecule has 1 aromatic carbocycles. The number of sulfone groups is 1. The predicted octanol–water partition coefficient (Wildman–Crippen LogP) is 1.64. The molecule has 0 bridgehead atoms. The first-order valence-corrected chi connectivity index (χ1v) is 10.5. The maximum absolute atomic E-state index is 12.3. The lowest BCUT2D eigenvalue weighted by Crippen LogP contribution is -2.32. The Hall–Kier alpha value is -2.61. The Morgan fingerprint density at radius 1 is 1.26 bits per heavy atom. The molecule has 8 heteroatoms. The van der Waals surface area contributed by atoms with Crippen molar-refractivity contribution >= 4 is 21.4 Å². The highest BCUT2D eigenvalue weighted by Crippen LogP contribution is 2.22. The summed E-state index contributed by atoms with van der Waals surface area (Å²) in [6.07, 6.45) is 2.22. The van der Waals surface area contributed by atoms with Crippen molar-refractivity contribution < 1.29 is 17.9 Å². The minimum absolute atomic E-state index is 0.0495. The molecule has 0 spiro atoms. The first-order chi connectivity index (χ1) is 12.9. The summed E-state index contributed by atoms with van der Waals surface area (Å²) in [5, 5.41) is 2.83. The number of aromatic nitrogens is 1. The smallest absolute Gasteiger partial charge is 0.270 e. The van der Waals surface area contributed by atoms with Crippen LogP contribution in [0.3, 0.4) is 0 Å². The van der Waals surface area contributed by atoms with Gasteiger partial charge in [0.25, 0.3) is 5.91 Å². The third-order valence-corrected chi connectivity index (χ3v) is 6.51. The topological polar surface area (TPSA) is 88.6 Å². The van der Waals surface area contributed by atoms with Crippen molar-refractivity contribution in [3.8, 4) is 5.75 Å². The largest absolute Gasteiger partial charge is 0.497 e. The summed E-state index contributed by atoms with van der Waals surface area (Å²) in [5.41, 5.74) is 2.08. The van der Waals surface area contributed by atoms with Crippen LogP contribution in [0.2, 0.25) is 0 Å². The lowest BCUT2D eigenvalue weighted by atomic mass is 10.2. The first kappa shape index (κ1) is 19.2. The molecule has 1 fully saturated rings. The molecule has 1 aliphatic heterocycles. The van der Waals surface area contributed by atoms with E-state index in [0.29, 0.717) is 18.7 Å². The highest BCUT2D eigenvalue weighted by Gasteiger charge is 2.30. The second-order valence-corrected chi connectivity index (χ2v) is 8.83. The Kier molecular flexibility index (Phi) is 5.65. The Morgan fingerprint density at radius 3 is 2.56 bits per heavy atom.